The van der Waals surface area contributed by atoms with E-state index in [0.29, 0.717) is 16.0 Å². The average Bonchev–Trinajstić information content (AvgIpc) is 2.76. The van der Waals surface area contributed by atoms with Gasteiger partial charge in [-0.2, -0.15) is 5.10 Å². The topological polar surface area (TPSA) is 44.7 Å². The highest BCUT2D eigenvalue weighted by Crippen LogP contribution is 2.45. The van der Waals surface area contributed by atoms with Crippen LogP contribution in [0.3, 0.4) is 0 Å². The van der Waals surface area contributed by atoms with Gasteiger partial charge in [0.1, 0.15) is 0 Å². The molecule has 0 unspecified atom stereocenters. The Morgan fingerprint density at radius 2 is 1.59 bits per heavy atom. The summed E-state index contributed by atoms with van der Waals surface area (Å²) in [5.41, 5.74) is 5.95. The van der Waals surface area contributed by atoms with E-state index in [1.165, 1.54) is 50.6 Å². The number of nitrogens with one attached hydrogen (secondary N) is 1. The van der Waals surface area contributed by atoms with E-state index in [1.54, 1.807) is 30.5 Å². The fourth-order valence-electron chi connectivity index (χ4n) is 4.64. The van der Waals surface area contributed by atoms with Gasteiger partial charge in [-0.25, -0.2) is 5.43 Å². The molecule has 2 aromatic rings. The molecule has 1 saturated carbocycles. The molecule has 1 spiro atoms. The molecule has 152 valence electrons. The van der Waals surface area contributed by atoms with Crippen molar-refractivity contribution in [2.24, 2.45) is 10.5 Å². The molecule has 2 aromatic carbocycles. The zero-order valence-electron chi connectivity index (χ0n) is 16.7. The minimum absolute atomic E-state index is 0.250. The molecule has 0 aromatic heterocycles. The Morgan fingerprint density at radius 1 is 0.931 bits per heavy atom. The summed E-state index contributed by atoms with van der Waals surface area (Å²) in [6.07, 6.45) is 11.4. The average molecular weight is 410 g/mol. The molecule has 2 aliphatic rings. The Balaban J connectivity index is 1.29. The number of hydrogen-bond donors (Lipinski definition) is 1. The van der Waals surface area contributed by atoms with Crippen molar-refractivity contribution in [2.45, 2.75) is 44.9 Å². The monoisotopic (exact) mass is 409 g/mol. The molecule has 29 heavy (non-hydrogen) atoms. The van der Waals surface area contributed by atoms with Crippen LogP contribution in [0.25, 0.3) is 0 Å². The third-order valence-electron chi connectivity index (χ3n) is 6.48. The van der Waals surface area contributed by atoms with Crippen LogP contribution in [0.4, 0.5) is 5.69 Å². The van der Waals surface area contributed by atoms with Gasteiger partial charge < -0.3 is 4.90 Å². The van der Waals surface area contributed by atoms with Crippen molar-refractivity contribution < 1.29 is 4.79 Å². The maximum absolute atomic E-state index is 12.1. The number of rotatable bonds is 4. The standard InChI is InChI=1S/C24H28ClN3O/c25-21-8-6-20(7-9-21)23(29)27-26-18-19-4-10-22(11-5-19)28-16-14-24(15-17-28)12-2-1-3-13-24/h4-11,18H,1-3,12-17H2,(H,27,29). The minimum Gasteiger partial charge on any atom is -0.371 e. The van der Waals surface area contributed by atoms with Gasteiger partial charge in [-0.15, -0.1) is 0 Å². The Kier molecular flexibility index (Phi) is 6.19. The number of hydrogen-bond acceptors (Lipinski definition) is 3. The zero-order valence-corrected chi connectivity index (χ0v) is 17.5. The Hall–Kier alpha value is -2.33. The summed E-state index contributed by atoms with van der Waals surface area (Å²) in [5.74, 6) is -0.250. The van der Waals surface area contributed by atoms with Crippen molar-refractivity contribution in [3.63, 3.8) is 0 Å². The van der Waals surface area contributed by atoms with Crippen LogP contribution in [0.15, 0.2) is 53.6 Å². The highest BCUT2D eigenvalue weighted by Gasteiger charge is 2.35. The summed E-state index contributed by atoms with van der Waals surface area (Å²) in [4.78, 5) is 14.6. The maximum Gasteiger partial charge on any atom is 0.271 e. The predicted molar refractivity (Wildman–Crippen MR) is 120 cm³/mol. The highest BCUT2D eigenvalue weighted by atomic mass is 35.5. The van der Waals surface area contributed by atoms with E-state index in [9.17, 15) is 4.79 Å². The zero-order chi connectivity index (χ0) is 20.1. The van der Waals surface area contributed by atoms with E-state index in [0.717, 1.165) is 18.7 Å². The van der Waals surface area contributed by atoms with Crippen molar-refractivity contribution in [2.75, 3.05) is 18.0 Å². The Labute approximate surface area is 177 Å². The summed E-state index contributed by atoms with van der Waals surface area (Å²) < 4.78 is 0. The quantitative estimate of drug-likeness (QED) is 0.523. The number of anilines is 1. The second kappa shape index (κ2) is 9.00. The first-order valence-electron chi connectivity index (χ1n) is 10.6. The molecule has 1 aliphatic carbocycles. The summed E-state index contributed by atoms with van der Waals surface area (Å²) in [6.45, 7) is 2.31. The van der Waals surface area contributed by atoms with Crippen molar-refractivity contribution in [1.29, 1.82) is 0 Å². The number of hydrazone groups is 1. The van der Waals surface area contributed by atoms with E-state index in [-0.39, 0.29) is 5.91 Å². The number of nitrogens with zero attached hydrogens (tertiary/aromatic N) is 2. The second-order valence-electron chi connectivity index (χ2n) is 8.35. The smallest absolute Gasteiger partial charge is 0.271 e. The summed E-state index contributed by atoms with van der Waals surface area (Å²) >= 11 is 5.84. The van der Waals surface area contributed by atoms with Crippen LogP contribution in [0.1, 0.15) is 60.9 Å². The minimum atomic E-state index is -0.250. The molecule has 1 saturated heterocycles. The molecule has 1 amide bonds. The molecule has 5 heteroatoms. The van der Waals surface area contributed by atoms with Gasteiger partial charge in [0.25, 0.3) is 5.91 Å². The van der Waals surface area contributed by atoms with Crippen LogP contribution < -0.4 is 10.3 Å². The SMILES string of the molecule is O=C(NN=Cc1ccc(N2CCC3(CCCCC3)CC2)cc1)c1ccc(Cl)cc1. The molecule has 2 fully saturated rings. The van der Waals surface area contributed by atoms with Crippen LogP contribution in [-0.4, -0.2) is 25.2 Å². The van der Waals surface area contributed by atoms with E-state index in [4.69, 9.17) is 11.6 Å². The van der Waals surface area contributed by atoms with Crippen molar-refractivity contribution in [1.82, 2.24) is 5.43 Å². The van der Waals surface area contributed by atoms with E-state index < -0.39 is 0 Å². The third-order valence-corrected chi connectivity index (χ3v) is 6.73. The third kappa shape index (κ3) is 4.99. The Bertz CT molecular complexity index is 845. The van der Waals surface area contributed by atoms with Gasteiger partial charge >= 0.3 is 0 Å². The number of carbonyl (C=O) groups is 1. The molecule has 1 N–H and O–H groups in total. The van der Waals surface area contributed by atoms with Gasteiger partial charge in [0, 0.05) is 29.4 Å². The second-order valence-corrected chi connectivity index (χ2v) is 8.78. The van der Waals surface area contributed by atoms with Gasteiger partial charge in [-0.3, -0.25) is 4.79 Å². The van der Waals surface area contributed by atoms with Crippen molar-refractivity contribution in [3.05, 3.63) is 64.7 Å². The van der Waals surface area contributed by atoms with Gasteiger partial charge in [-0.1, -0.05) is 43.0 Å². The number of halogens is 1. The Morgan fingerprint density at radius 3 is 2.24 bits per heavy atom. The maximum atomic E-state index is 12.1. The first-order chi connectivity index (χ1) is 14.1. The molecule has 0 atom stereocenters. The number of benzene rings is 2. The number of piperidine rings is 1. The molecule has 1 heterocycles. The highest BCUT2D eigenvalue weighted by molar-refractivity contribution is 6.30. The van der Waals surface area contributed by atoms with Crippen molar-refractivity contribution in [3.8, 4) is 0 Å². The largest absolute Gasteiger partial charge is 0.371 e. The van der Waals surface area contributed by atoms with Crippen LogP contribution in [-0.2, 0) is 0 Å². The molecule has 4 rings (SSSR count). The van der Waals surface area contributed by atoms with Crippen LogP contribution in [0, 0.1) is 5.41 Å². The van der Waals surface area contributed by atoms with Gasteiger partial charge in [0.05, 0.1) is 6.21 Å². The van der Waals surface area contributed by atoms with Crippen molar-refractivity contribution >= 4 is 29.4 Å². The fourth-order valence-corrected chi connectivity index (χ4v) is 4.77. The normalized spacial score (nSPS) is 18.9. The van der Waals surface area contributed by atoms with Gasteiger partial charge in [-0.05, 0) is 73.1 Å². The molecule has 1 aliphatic heterocycles. The van der Waals surface area contributed by atoms with Crippen LogP contribution >= 0.6 is 11.6 Å². The lowest BCUT2D eigenvalue weighted by molar-refractivity contribution is 0.0955. The van der Waals surface area contributed by atoms with Crippen LogP contribution in [0.2, 0.25) is 5.02 Å². The summed E-state index contributed by atoms with van der Waals surface area (Å²) in [6, 6.07) is 15.2. The molecular formula is C24H28ClN3O. The fraction of sp³-hybridized carbons (Fsp3) is 0.417. The molecule has 0 bridgehead atoms. The van der Waals surface area contributed by atoms with Gasteiger partial charge in [0.2, 0.25) is 0 Å². The predicted octanol–water partition coefficient (Wildman–Crippen LogP) is 5.65. The number of carbonyl (C=O) groups excluding carboxylic acids is 1. The lowest BCUT2D eigenvalue weighted by atomic mass is 9.68. The summed E-state index contributed by atoms with van der Waals surface area (Å²) in [7, 11) is 0. The lowest BCUT2D eigenvalue weighted by Crippen LogP contribution is -2.41. The van der Waals surface area contributed by atoms with E-state index in [2.05, 4.69) is 39.7 Å². The molecule has 4 nitrogen and oxygen atoms in total. The molecular weight excluding hydrogens is 382 g/mol. The lowest BCUT2D eigenvalue weighted by Gasteiger charge is -2.45. The van der Waals surface area contributed by atoms with Gasteiger partial charge in [0.15, 0.2) is 0 Å². The van der Waals surface area contributed by atoms with Crippen LogP contribution in [0.5, 0.6) is 0 Å². The molecule has 0 radical (unpaired) electrons. The summed E-state index contributed by atoms with van der Waals surface area (Å²) in [5, 5.41) is 4.67. The van der Waals surface area contributed by atoms with E-state index >= 15 is 0 Å². The first kappa shape index (κ1) is 20.0. The number of amides is 1. The van der Waals surface area contributed by atoms with E-state index in [1.807, 2.05) is 0 Å². The first-order valence-corrected chi connectivity index (χ1v) is 11.0.